The van der Waals surface area contributed by atoms with Gasteiger partial charge in [0.15, 0.2) is 6.04 Å². The highest BCUT2D eigenvalue weighted by Gasteiger charge is 2.49. The smallest absolute Gasteiger partial charge is 0.325 e. The molecule has 0 spiro atoms. The number of benzene rings is 2. The van der Waals surface area contributed by atoms with Gasteiger partial charge >= 0.3 is 5.97 Å². The number of rotatable bonds is 6. The van der Waals surface area contributed by atoms with Crippen LogP contribution in [-0.2, 0) is 21.4 Å². The summed E-state index contributed by atoms with van der Waals surface area (Å²) < 4.78 is 45.3. The van der Waals surface area contributed by atoms with Crippen LogP contribution in [-0.4, -0.2) is 47.1 Å². The number of carboxylic acid groups (broad SMARTS) is 1. The van der Waals surface area contributed by atoms with Gasteiger partial charge in [0.1, 0.15) is 18.2 Å². The Hall–Kier alpha value is -2.49. The van der Waals surface area contributed by atoms with E-state index in [1.807, 2.05) is 0 Å². The van der Waals surface area contributed by atoms with Crippen LogP contribution in [0.25, 0.3) is 0 Å². The van der Waals surface area contributed by atoms with E-state index in [1.165, 1.54) is 43.3 Å². The zero-order valence-electron chi connectivity index (χ0n) is 15.8. The lowest BCUT2D eigenvalue weighted by Gasteiger charge is -2.41. The topological polar surface area (TPSA) is 104 Å². The molecule has 3 rings (SSSR count). The van der Waals surface area contributed by atoms with Gasteiger partial charge in [0.2, 0.25) is 10.0 Å². The Morgan fingerprint density at radius 1 is 1.21 bits per heavy atom. The molecule has 2 atom stereocenters. The van der Waals surface area contributed by atoms with E-state index < -0.39 is 27.6 Å². The van der Waals surface area contributed by atoms with Crippen molar-refractivity contribution in [2.24, 2.45) is 0 Å². The molecule has 0 saturated carbocycles. The van der Waals surface area contributed by atoms with Crippen molar-refractivity contribution in [2.45, 2.75) is 42.9 Å². The van der Waals surface area contributed by atoms with Crippen LogP contribution in [0.1, 0.15) is 25.3 Å². The monoisotopic (exact) mass is 423 g/mol. The van der Waals surface area contributed by atoms with Crippen LogP contribution in [0.5, 0.6) is 5.75 Å². The lowest BCUT2D eigenvalue weighted by Crippen LogP contribution is -2.60. The number of ether oxygens (including phenoxy) is 1. The van der Waals surface area contributed by atoms with Gasteiger partial charge < -0.3 is 14.9 Å². The lowest BCUT2D eigenvalue weighted by atomic mass is 9.88. The average Bonchev–Trinajstić information content (AvgIpc) is 2.66. The summed E-state index contributed by atoms with van der Waals surface area (Å²) >= 11 is 0. The molecule has 0 unspecified atom stereocenters. The number of carboxylic acids is 1. The van der Waals surface area contributed by atoms with Crippen LogP contribution in [0.4, 0.5) is 4.39 Å². The van der Waals surface area contributed by atoms with Gasteiger partial charge in [-0.15, -0.1) is 0 Å². The molecule has 1 saturated heterocycles. The maximum absolute atomic E-state index is 13.0. The van der Waals surface area contributed by atoms with E-state index >= 15 is 0 Å². The second-order valence-corrected chi connectivity index (χ2v) is 9.09. The molecule has 29 heavy (non-hydrogen) atoms. The van der Waals surface area contributed by atoms with Crippen molar-refractivity contribution in [3.63, 3.8) is 0 Å². The molecule has 2 N–H and O–H groups in total. The van der Waals surface area contributed by atoms with E-state index in [0.717, 1.165) is 9.87 Å². The van der Waals surface area contributed by atoms with E-state index in [0.29, 0.717) is 12.2 Å². The summed E-state index contributed by atoms with van der Waals surface area (Å²) in [5, 5.41) is 19.9. The largest absolute Gasteiger partial charge is 0.489 e. The van der Waals surface area contributed by atoms with Gasteiger partial charge in [-0.25, -0.2) is 12.8 Å². The molecule has 0 aliphatic carbocycles. The summed E-state index contributed by atoms with van der Waals surface area (Å²) in [5.41, 5.74) is -0.905. The number of piperidine rings is 1. The molecular weight excluding hydrogens is 401 g/mol. The third-order valence-corrected chi connectivity index (χ3v) is 6.80. The lowest BCUT2D eigenvalue weighted by molar-refractivity contribution is -0.153. The van der Waals surface area contributed by atoms with Crippen LogP contribution in [0, 0.1) is 5.82 Å². The molecule has 1 aliphatic heterocycles. The first kappa shape index (κ1) is 21.2. The predicted molar refractivity (Wildman–Crippen MR) is 102 cm³/mol. The SMILES string of the molecule is C[C@]1(O)CCCN(S(=O)(=O)c2ccc(OCc3ccc(F)cc3)cc2)[C@H]1C(=O)O. The summed E-state index contributed by atoms with van der Waals surface area (Å²) in [6, 6.07) is 9.85. The Kier molecular flexibility index (Phi) is 5.92. The van der Waals surface area contributed by atoms with Crippen molar-refractivity contribution in [3.8, 4) is 5.75 Å². The Labute approximate surface area is 168 Å². The first-order chi connectivity index (χ1) is 13.6. The maximum Gasteiger partial charge on any atom is 0.325 e. The van der Waals surface area contributed by atoms with Gasteiger partial charge in [-0.3, -0.25) is 4.79 Å². The van der Waals surface area contributed by atoms with Crippen molar-refractivity contribution >= 4 is 16.0 Å². The van der Waals surface area contributed by atoms with Gasteiger partial charge in [0.25, 0.3) is 0 Å². The van der Waals surface area contributed by atoms with Crippen LogP contribution < -0.4 is 4.74 Å². The van der Waals surface area contributed by atoms with Gasteiger partial charge in [-0.05, 0) is 61.7 Å². The van der Waals surface area contributed by atoms with Crippen molar-refractivity contribution < 1.29 is 32.6 Å². The fourth-order valence-electron chi connectivity index (χ4n) is 3.41. The Bertz CT molecular complexity index is 973. The van der Waals surface area contributed by atoms with Crippen LogP contribution in [0.2, 0.25) is 0 Å². The van der Waals surface area contributed by atoms with E-state index in [2.05, 4.69) is 0 Å². The normalized spacial score (nSPS) is 22.9. The quantitative estimate of drug-likeness (QED) is 0.739. The summed E-state index contributed by atoms with van der Waals surface area (Å²) in [6.45, 7) is 1.53. The molecule has 0 aromatic heterocycles. The van der Waals surface area contributed by atoms with Gasteiger partial charge in [0.05, 0.1) is 10.5 Å². The minimum absolute atomic E-state index is 0.0122. The number of sulfonamides is 1. The second-order valence-electron chi connectivity index (χ2n) is 7.20. The minimum Gasteiger partial charge on any atom is -0.489 e. The predicted octanol–water partition coefficient (Wildman–Crippen LogP) is 2.39. The summed E-state index contributed by atoms with van der Waals surface area (Å²) in [6.07, 6.45) is 0.557. The first-order valence-corrected chi connectivity index (χ1v) is 10.5. The van der Waals surface area contributed by atoms with Crippen molar-refractivity contribution in [1.82, 2.24) is 4.31 Å². The number of hydrogen-bond donors (Lipinski definition) is 2. The molecule has 9 heteroatoms. The Morgan fingerprint density at radius 2 is 1.83 bits per heavy atom. The third kappa shape index (κ3) is 4.58. The molecule has 1 fully saturated rings. The minimum atomic E-state index is -4.12. The fraction of sp³-hybridized carbons (Fsp3) is 0.350. The highest BCUT2D eigenvalue weighted by Crippen LogP contribution is 2.32. The molecular formula is C20H22FNO6S. The van der Waals surface area contributed by atoms with Crippen LogP contribution in [0.15, 0.2) is 53.4 Å². The van der Waals surface area contributed by atoms with E-state index in [4.69, 9.17) is 4.74 Å². The zero-order chi connectivity index (χ0) is 21.2. The number of carbonyl (C=O) groups is 1. The van der Waals surface area contributed by atoms with Gasteiger partial charge in [-0.2, -0.15) is 4.31 Å². The molecule has 2 aromatic rings. The summed E-state index contributed by atoms with van der Waals surface area (Å²) in [4.78, 5) is 11.6. The second kappa shape index (κ2) is 8.10. The van der Waals surface area contributed by atoms with Gasteiger partial charge in [-0.1, -0.05) is 12.1 Å². The fourth-order valence-corrected chi connectivity index (χ4v) is 5.12. The van der Waals surface area contributed by atoms with Crippen molar-refractivity contribution in [2.75, 3.05) is 6.54 Å². The van der Waals surface area contributed by atoms with E-state index in [9.17, 15) is 27.8 Å². The Morgan fingerprint density at radius 3 is 2.41 bits per heavy atom. The molecule has 1 aliphatic rings. The average molecular weight is 423 g/mol. The zero-order valence-corrected chi connectivity index (χ0v) is 16.6. The Balaban J connectivity index is 1.77. The van der Waals surface area contributed by atoms with Crippen molar-refractivity contribution in [3.05, 3.63) is 59.9 Å². The molecule has 7 nitrogen and oxygen atoms in total. The van der Waals surface area contributed by atoms with Crippen LogP contribution >= 0.6 is 0 Å². The molecule has 0 amide bonds. The van der Waals surface area contributed by atoms with Crippen molar-refractivity contribution in [1.29, 1.82) is 0 Å². The highest BCUT2D eigenvalue weighted by molar-refractivity contribution is 7.89. The number of nitrogens with zero attached hydrogens (tertiary/aromatic N) is 1. The molecule has 2 aromatic carbocycles. The number of aliphatic hydroxyl groups is 1. The van der Waals surface area contributed by atoms with E-state index in [1.54, 1.807) is 12.1 Å². The molecule has 156 valence electrons. The van der Waals surface area contributed by atoms with Crippen LogP contribution in [0.3, 0.4) is 0 Å². The molecule has 0 bridgehead atoms. The number of aliphatic carboxylic acids is 1. The van der Waals surface area contributed by atoms with E-state index in [-0.39, 0.29) is 30.3 Å². The first-order valence-electron chi connectivity index (χ1n) is 9.05. The maximum atomic E-state index is 13.0. The molecule has 1 heterocycles. The van der Waals surface area contributed by atoms with Gasteiger partial charge in [0, 0.05) is 6.54 Å². The molecule has 0 radical (unpaired) electrons. The third-order valence-electron chi connectivity index (χ3n) is 4.92. The highest BCUT2D eigenvalue weighted by atomic mass is 32.2. The summed E-state index contributed by atoms with van der Waals surface area (Å²) in [5.74, 6) is -1.33. The summed E-state index contributed by atoms with van der Waals surface area (Å²) in [7, 11) is -4.12. The number of halogens is 1. The number of hydrogen-bond acceptors (Lipinski definition) is 5. The standard InChI is InChI=1S/C20H22FNO6S/c1-20(25)11-2-12-22(18(20)19(23)24)29(26,27)17-9-7-16(8-10-17)28-13-14-3-5-15(21)6-4-14/h3-10,18,25H,2,11-13H2,1H3,(H,23,24)/t18-,20-/m0/s1.